The molecule has 2 fully saturated rings. The Kier molecular flexibility index (Phi) is 3.50. The smallest absolute Gasteiger partial charge is 0.304 e. The van der Waals surface area contributed by atoms with Gasteiger partial charge < -0.3 is 15.3 Å². The monoisotopic (exact) mass is 226 g/mol. The molecule has 4 nitrogen and oxygen atoms in total. The molecule has 3 unspecified atom stereocenters. The maximum Gasteiger partial charge on any atom is 0.304 e. The van der Waals surface area contributed by atoms with E-state index in [1.807, 2.05) is 6.92 Å². The highest BCUT2D eigenvalue weighted by Crippen LogP contribution is 2.30. The molecule has 2 N–H and O–H groups in total. The molecule has 0 aromatic heterocycles. The Morgan fingerprint density at radius 2 is 2.00 bits per heavy atom. The Morgan fingerprint density at radius 3 is 2.50 bits per heavy atom. The molecule has 0 aromatic rings. The number of hydrogen-bond acceptors (Lipinski definition) is 3. The van der Waals surface area contributed by atoms with Crippen LogP contribution < -0.4 is 5.32 Å². The summed E-state index contributed by atoms with van der Waals surface area (Å²) in [4.78, 5) is 13.0. The van der Waals surface area contributed by atoms with Gasteiger partial charge in [0.1, 0.15) is 0 Å². The standard InChI is InChI=1S/C12H22N2O2/c1-8(5-12(15)16)14(2)11-6-9-3-4-10(7-11)13-9/h8-11,13H,3-7H2,1-2H3,(H,15,16). The van der Waals surface area contributed by atoms with E-state index in [9.17, 15) is 4.79 Å². The van der Waals surface area contributed by atoms with Crippen LogP contribution in [-0.4, -0.2) is 47.2 Å². The molecule has 0 amide bonds. The molecule has 0 spiro atoms. The van der Waals surface area contributed by atoms with Crippen molar-refractivity contribution in [2.75, 3.05) is 7.05 Å². The van der Waals surface area contributed by atoms with E-state index in [-0.39, 0.29) is 12.5 Å². The molecule has 3 atom stereocenters. The summed E-state index contributed by atoms with van der Waals surface area (Å²) in [7, 11) is 2.07. The van der Waals surface area contributed by atoms with Crippen LogP contribution in [0.1, 0.15) is 39.0 Å². The number of nitrogens with one attached hydrogen (secondary N) is 1. The van der Waals surface area contributed by atoms with Crippen LogP contribution in [-0.2, 0) is 4.79 Å². The first-order valence-corrected chi connectivity index (χ1v) is 6.26. The summed E-state index contributed by atoms with van der Waals surface area (Å²) >= 11 is 0. The number of rotatable bonds is 4. The van der Waals surface area contributed by atoms with Gasteiger partial charge in [-0.15, -0.1) is 0 Å². The number of aliphatic carboxylic acids is 1. The van der Waals surface area contributed by atoms with Crippen molar-refractivity contribution in [1.82, 2.24) is 10.2 Å². The molecule has 2 heterocycles. The lowest BCUT2D eigenvalue weighted by Gasteiger charge is -2.38. The molecular weight excluding hydrogens is 204 g/mol. The molecular formula is C12H22N2O2. The maximum atomic E-state index is 10.7. The van der Waals surface area contributed by atoms with Gasteiger partial charge in [-0.1, -0.05) is 0 Å². The van der Waals surface area contributed by atoms with Gasteiger partial charge in [0, 0.05) is 24.2 Å². The Balaban J connectivity index is 1.89. The number of nitrogens with zero attached hydrogens (tertiary/aromatic N) is 1. The van der Waals surface area contributed by atoms with Crippen molar-refractivity contribution in [2.45, 2.75) is 63.2 Å². The van der Waals surface area contributed by atoms with E-state index in [0.29, 0.717) is 18.1 Å². The van der Waals surface area contributed by atoms with E-state index in [1.54, 1.807) is 0 Å². The average Bonchev–Trinajstić information content (AvgIpc) is 2.55. The molecule has 16 heavy (non-hydrogen) atoms. The van der Waals surface area contributed by atoms with Crippen molar-refractivity contribution in [3.05, 3.63) is 0 Å². The van der Waals surface area contributed by atoms with Crippen molar-refractivity contribution in [3.63, 3.8) is 0 Å². The maximum absolute atomic E-state index is 10.7. The molecule has 0 saturated carbocycles. The van der Waals surface area contributed by atoms with Crippen molar-refractivity contribution >= 4 is 5.97 Å². The second-order valence-electron chi connectivity index (χ2n) is 5.38. The summed E-state index contributed by atoms with van der Waals surface area (Å²) in [5, 5.41) is 12.4. The first kappa shape index (κ1) is 11.9. The van der Waals surface area contributed by atoms with E-state index < -0.39 is 5.97 Å². The molecule has 2 aliphatic rings. The third-order valence-corrected chi connectivity index (χ3v) is 4.19. The molecule has 0 aliphatic carbocycles. The number of carboxylic acid groups (broad SMARTS) is 1. The van der Waals surface area contributed by atoms with Crippen LogP contribution in [0.4, 0.5) is 0 Å². The summed E-state index contributed by atoms with van der Waals surface area (Å²) in [6.45, 7) is 2.01. The van der Waals surface area contributed by atoms with Gasteiger partial charge in [0.15, 0.2) is 0 Å². The van der Waals surface area contributed by atoms with Crippen LogP contribution in [0.2, 0.25) is 0 Å². The van der Waals surface area contributed by atoms with Crippen molar-refractivity contribution in [3.8, 4) is 0 Å². The summed E-state index contributed by atoms with van der Waals surface area (Å²) in [6.07, 6.45) is 5.19. The number of carbonyl (C=O) groups is 1. The number of hydrogen-bond donors (Lipinski definition) is 2. The SMILES string of the molecule is CC(CC(=O)O)N(C)C1CC2CCC(C1)N2. The normalized spacial score (nSPS) is 35.3. The van der Waals surface area contributed by atoms with Crippen LogP contribution in [0.3, 0.4) is 0 Å². The highest BCUT2D eigenvalue weighted by Gasteiger charge is 2.36. The van der Waals surface area contributed by atoms with Gasteiger partial charge in [0.2, 0.25) is 0 Å². The third kappa shape index (κ3) is 2.55. The van der Waals surface area contributed by atoms with Crippen LogP contribution in [0.15, 0.2) is 0 Å². The lowest BCUT2D eigenvalue weighted by atomic mass is 9.97. The average molecular weight is 226 g/mol. The second-order valence-corrected chi connectivity index (χ2v) is 5.38. The lowest BCUT2D eigenvalue weighted by molar-refractivity contribution is -0.138. The largest absolute Gasteiger partial charge is 0.481 e. The van der Waals surface area contributed by atoms with Crippen LogP contribution in [0.5, 0.6) is 0 Å². The minimum Gasteiger partial charge on any atom is -0.481 e. The zero-order chi connectivity index (χ0) is 11.7. The Hall–Kier alpha value is -0.610. The van der Waals surface area contributed by atoms with E-state index >= 15 is 0 Å². The fraction of sp³-hybridized carbons (Fsp3) is 0.917. The minimum atomic E-state index is -0.698. The molecule has 0 aromatic carbocycles. The topological polar surface area (TPSA) is 52.6 Å². The summed E-state index contributed by atoms with van der Waals surface area (Å²) in [5.74, 6) is -0.698. The molecule has 2 bridgehead atoms. The molecule has 2 rings (SSSR count). The number of fused-ring (bicyclic) bond motifs is 2. The Bertz CT molecular complexity index is 258. The van der Waals surface area contributed by atoms with Crippen LogP contribution >= 0.6 is 0 Å². The van der Waals surface area contributed by atoms with Crippen molar-refractivity contribution in [2.24, 2.45) is 0 Å². The number of piperidine rings is 1. The summed E-state index contributed by atoms with van der Waals surface area (Å²) in [5.41, 5.74) is 0. The highest BCUT2D eigenvalue weighted by molar-refractivity contribution is 5.67. The minimum absolute atomic E-state index is 0.139. The molecule has 2 saturated heterocycles. The van der Waals surface area contributed by atoms with Gasteiger partial charge in [-0.25, -0.2) is 0 Å². The predicted molar refractivity (Wildman–Crippen MR) is 62.4 cm³/mol. The fourth-order valence-electron chi connectivity index (χ4n) is 3.12. The van der Waals surface area contributed by atoms with E-state index in [0.717, 1.165) is 0 Å². The first-order chi connectivity index (χ1) is 7.56. The third-order valence-electron chi connectivity index (χ3n) is 4.19. The van der Waals surface area contributed by atoms with E-state index in [1.165, 1.54) is 25.7 Å². The molecule has 2 aliphatic heterocycles. The summed E-state index contributed by atoms with van der Waals surface area (Å²) in [6, 6.07) is 2.04. The molecule has 0 radical (unpaired) electrons. The van der Waals surface area contributed by atoms with Gasteiger partial charge >= 0.3 is 5.97 Å². The predicted octanol–water partition coefficient (Wildman–Crippen LogP) is 1.06. The van der Waals surface area contributed by atoms with Gasteiger partial charge in [-0.3, -0.25) is 4.79 Å². The van der Waals surface area contributed by atoms with Crippen molar-refractivity contribution in [1.29, 1.82) is 0 Å². The van der Waals surface area contributed by atoms with Crippen molar-refractivity contribution < 1.29 is 9.90 Å². The lowest BCUT2D eigenvalue weighted by Crippen LogP contribution is -2.49. The van der Waals surface area contributed by atoms with Gasteiger partial charge in [0.25, 0.3) is 0 Å². The van der Waals surface area contributed by atoms with Crippen LogP contribution in [0.25, 0.3) is 0 Å². The molecule has 92 valence electrons. The fourth-order valence-corrected chi connectivity index (χ4v) is 3.12. The Labute approximate surface area is 97.0 Å². The van der Waals surface area contributed by atoms with E-state index in [2.05, 4.69) is 17.3 Å². The van der Waals surface area contributed by atoms with E-state index in [4.69, 9.17) is 5.11 Å². The Morgan fingerprint density at radius 1 is 1.44 bits per heavy atom. The zero-order valence-electron chi connectivity index (χ0n) is 10.1. The van der Waals surface area contributed by atoms with Gasteiger partial charge in [0.05, 0.1) is 6.42 Å². The number of carboxylic acids is 1. The molecule has 4 heteroatoms. The zero-order valence-corrected chi connectivity index (χ0v) is 10.1. The van der Waals surface area contributed by atoms with Gasteiger partial charge in [-0.05, 0) is 39.7 Å². The first-order valence-electron chi connectivity index (χ1n) is 6.26. The quantitative estimate of drug-likeness (QED) is 0.753. The highest BCUT2D eigenvalue weighted by atomic mass is 16.4. The van der Waals surface area contributed by atoms with Gasteiger partial charge in [-0.2, -0.15) is 0 Å². The summed E-state index contributed by atoms with van der Waals surface area (Å²) < 4.78 is 0. The van der Waals surface area contributed by atoms with Crippen LogP contribution in [0, 0.1) is 0 Å². The second kappa shape index (κ2) is 4.72.